The molecule has 0 spiro atoms. The Bertz CT molecular complexity index is 708. The lowest BCUT2D eigenvalue weighted by molar-refractivity contribution is -0.122. The second kappa shape index (κ2) is 6.74. The van der Waals surface area contributed by atoms with Crippen LogP contribution in [0.2, 0.25) is 0 Å². The van der Waals surface area contributed by atoms with E-state index in [1.165, 1.54) is 12.1 Å². The van der Waals surface area contributed by atoms with E-state index in [9.17, 15) is 22.4 Å². The minimum absolute atomic E-state index is 0.0101. The molecule has 0 aromatic heterocycles. The molecule has 1 aromatic rings. The summed E-state index contributed by atoms with van der Waals surface area (Å²) in [6.45, 7) is 0. The predicted octanol–water partition coefficient (Wildman–Crippen LogP) is 1.17. The quantitative estimate of drug-likeness (QED) is 0.755. The third-order valence-electron chi connectivity index (χ3n) is 3.29. The third kappa shape index (κ3) is 4.51. The zero-order valence-electron chi connectivity index (χ0n) is 11.4. The van der Waals surface area contributed by atoms with Crippen molar-refractivity contribution in [2.24, 2.45) is 5.92 Å². The van der Waals surface area contributed by atoms with Gasteiger partial charge in [0, 0.05) is 10.9 Å². The fourth-order valence-electron chi connectivity index (χ4n) is 2.21. The summed E-state index contributed by atoms with van der Waals surface area (Å²) in [5, 5.41) is 0. The maximum atomic E-state index is 13.1. The molecule has 22 heavy (non-hydrogen) atoms. The Morgan fingerprint density at radius 1 is 1.32 bits per heavy atom. The van der Waals surface area contributed by atoms with Gasteiger partial charge in [-0.15, -0.1) is 0 Å². The van der Waals surface area contributed by atoms with Gasteiger partial charge in [0.2, 0.25) is 5.91 Å². The van der Waals surface area contributed by atoms with Crippen LogP contribution >= 0.6 is 15.9 Å². The van der Waals surface area contributed by atoms with Crippen molar-refractivity contribution < 1.29 is 22.4 Å². The zero-order valence-corrected chi connectivity index (χ0v) is 13.8. The van der Waals surface area contributed by atoms with Crippen molar-refractivity contribution in [3.63, 3.8) is 0 Å². The smallest absolute Gasteiger partial charge is 0.270 e. The normalized spacial score (nSPS) is 19.6. The highest BCUT2D eigenvalue weighted by atomic mass is 79.9. The van der Waals surface area contributed by atoms with Crippen molar-refractivity contribution in [3.05, 3.63) is 34.1 Å². The summed E-state index contributed by atoms with van der Waals surface area (Å²) in [7, 11) is -3.04. The van der Waals surface area contributed by atoms with Crippen LogP contribution in [0.15, 0.2) is 22.7 Å². The van der Waals surface area contributed by atoms with Crippen LogP contribution in [0.1, 0.15) is 23.2 Å². The number of amides is 2. The second-order valence-corrected chi connectivity index (χ2v) is 8.18. The summed E-state index contributed by atoms with van der Waals surface area (Å²) in [6, 6.07) is 3.62. The van der Waals surface area contributed by atoms with E-state index in [0.717, 1.165) is 6.07 Å². The summed E-state index contributed by atoms with van der Waals surface area (Å²) in [4.78, 5) is 23.5. The molecule has 9 heteroatoms. The van der Waals surface area contributed by atoms with Crippen molar-refractivity contribution in [3.8, 4) is 0 Å². The Labute approximate surface area is 135 Å². The molecule has 0 unspecified atom stereocenters. The number of nitrogens with one attached hydrogen (secondary N) is 2. The molecule has 1 atom stereocenters. The minimum Gasteiger partial charge on any atom is -0.273 e. The Morgan fingerprint density at radius 2 is 2.05 bits per heavy atom. The summed E-state index contributed by atoms with van der Waals surface area (Å²) >= 11 is 3.11. The molecule has 1 heterocycles. The number of carbonyl (C=O) groups excluding carboxylic acids is 2. The number of sulfone groups is 1. The van der Waals surface area contributed by atoms with E-state index < -0.39 is 27.5 Å². The fraction of sp³-hybridized carbons (Fsp3) is 0.385. The van der Waals surface area contributed by atoms with Gasteiger partial charge < -0.3 is 0 Å². The van der Waals surface area contributed by atoms with Gasteiger partial charge in [-0.3, -0.25) is 20.4 Å². The highest BCUT2D eigenvalue weighted by Crippen LogP contribution is 2.21. The maximum absolute atomic E-state index is 13.1. The molecule has 2 rings (SSSR count). The van der Waals surface area contributed by atoms with E-state index in [1.807, 2.05) is 0 Å². The Hall–Kier alpha value is -1.48. The molecular formula is C13H14BrFN2O4S. The Kier molecular flexibility index (Phi) is 5.17. The summed E-state index contributed by atoms with van der Waals surface area (Å²) in [5.74, 6) is -1.88. The van der Waals surface area contributed by atoms with Gasteiger partial charge in [-0.05, 0) is 46.5 Å². The predicted molar refractivity (Wildman–Crippen MR) is 81.1 cm³/mol. The van der Waals surface area contributed by atoms with E-state index >= 15 is 0 Å². The number of hydrogen-bond donors (Lipinski definition) is 2. The van der Waals surface area contributed by atoms with Crippen molar-refractivity contribution in [2.75, 3.05) is 11.5 Å². The number of benzene rings is 1. The van der Waals surface area contributed by atoms with Crippen molar-refractivity contribution in [2.45, 2.75) is 12.8 Å². The van der Waals surface area contributed by atoms with Crippen molar-refractivity contribution in [1.82, 2.24) is 10.9 Å². The molecule has 2 amide bonds. The molecule has 0 aliphatic carbocycles. The van der Waals surface area contributed by atoms with Gasteiger partial charge in [-0.1, -0.05) is 0 Å². The van der Waals surface area contributed by atoms with Crippen LogP contribution in [0.5, 0.6) is 0 Å². The van der Waals surface area contributed by atoms with Gasteiger partial charge in [0.15, 0.2) is 9.84 Å². The van der Waals surface area contributed by atoms with Gasteiger partial charge in [-0.2, -0.15) is 0 Å². The summed E-state index contributed by atoms with van der Waals surface area (Å²) in [6.07, 6.45) is 0.461. The number of carbonyl (C=O) groups is 2. The number of halogens is 2. The SMILES string of the molecule is O=C(C[C@@H]1CCS(=O)(=O)C1)NNC(=O)c1cc(F)ccc1Br. The zero-order chi connectivity index (χ0) is 16.3. The van der Waals surface area contributed by atoms with Crippen LogP contribution in [0.3, 0.4) is 0 Å². The third-order valence-corrected chi connectivity index (χ3v) is 5.82. The largest absolute Gasteiger partial charge is 0.273 e. The van der Waals surface area contributed by atoms with Crippen LogP contribution in [-0.2, 0) is 14.6 Å². The van der Waals surface area contributed by atoms with Crippen molar-refractivity contribution >= 4 is 37.6 Å². The molecule has 6 nitrogen and oxygen atoms in total. The van der Waals surface area contributed by atoms with Crippen molar-refractivity contribution in [1.29, 1.82) is 0 Å². The molecule has 0 bridgehead atoms. The molecule has 120 valence electrons. The first-order chi connectivity index (χ1) is 10.3. The highest BCUT2D eigenvalue weighted by molar-refractivity contribution is 9.10. The highest BCUT2D eigenvalue weighted by Gasteiger charge is 2.29. The average Bonchev–Trinajstić information content (AvgIpc) is 2.78. The first-order valence-electron chi connectivity index (χ1n) is 6.51. The monoisotopic (exact) mass is 392 g/mol. The molecule has 1 aliphatic heterocycles. The van der Waals surface area contributed by atoms with Gasteiger partial charge in [0.1, 0.15) is 5.82 Å². The molecular weight excluding hydrogens is 379 g/mol. The minimum atomic E-state index is -3.04. The molecule has 1 saturated heterocycles. The maximum Gasteiger partial charge on any atom is 0.270 e. The van der Waals surface area contributed by atoms with Crippen LogP contribution < -0.4 is 10.9 Å². The van der Waals surface area contributed by atoms with Crippen LogP contribution in [0.4, 0.5) is 4.39 Å². The number of hydrazine groups is 1. The van der Waals surface area contributed by atoms with E-state index in [-0.39, 0.29) is 29.4 Å². The van der Waals surface area contributed by atoms with Gasteiger partial charge in [0.25, 0.3) is 5.91 Å². The lowest BCUT2D eigenvalue weighted by atomic mass is 10.1. The summed E-state index contributed by atoms with van der Waals surface area (Å²) < 4.78 is 36.1. The lowest BCUT2D eigenvalue weighted by Crippen LogP contribution is -2.42. The first kappa shape index (κ1) is 16.9. The van der Waals surface area contributed by atoms with E-state index in [1.54, 1.807) is 0 Å². The Balaban J connectivity index is 1.86. The van der Waals surface area contributed by atoms with E-state index in [2.05, 4.69) is 26.8 Å². The van der Waals surface area contributed by atoms with Crippen LogP contribution in [0, 0.1) is 11.7 Å². The molecule has 0 radical (unpaired) electrons. The van der Waals surface area contributed by atoms with Crippen LogP contribution in [0.25, 0.3) is 0 Å². The average molecular weight is 393 g/mol. The molecule has 2 N–H and O–H groups in total. The summed E-state index contributed by atoms with van der Waals surface area (Å²) in [5.41, 5.74) is 4.43. The molecule has 1 fully saturated rings. The molecule has 1 aliphatic rings. The fourth-order valence-corrected chi connectivity index (χ4v) is 4.50. The van der Waals surface area contributed by atoms with E-state index in [0.29, 0.717) is 10.9 Å². The van der Waals surface area contributed by atoms with Gasteiger partial charge >= 0.3 is 0 Å². The number of hydrogen-bond acceptors (Lipinski definition) is 4. The Morgan fingerprint density at radius 3 is 2.68 bits per heavy atom. The topological polar surface area (TPSA) is 92.3 Å². The van der Waals surface area contributed by atoms with Gasteiger partial charge in [0.05, 0.1) is 17.1 Å². The second-order valence-electron chi connectivity index (χ2n) is 5.10. The molecule has 1 aromatic carbocycles. The molecule has 0 saturated carbocycles. The number of rotatable bonds is 3. The van der Waals surface area contributed by atoms with Gasteiger partial charge in [-0.25, -0.2) is 12.8 Å². The first-order valence-corrected chi connectivity index (χ1v) is 9.13. The van der Waals surface area contributed by atoms with Crippen LogP contribution in [-0.4, -0.2) is 31.7 Å². The van der Waals surface area contributed by atoms with E-state index in [4.69, 9.17) is 0 Å². The standard InChI is InChI=1S/C13H14BrFN2O4S/c14-11-2-1-9(15)6-10(11)13(19)17-16-12(18)5-8-3-4-22(20,21)7-8/h1-2,6,8H,3-5,7H2,(H,16,18)(H,17,19)/t8-/m0/s1. The lowest BCUT2D eigenvalue weighted by Gasteiger charge is -2.10.